The average molecular weight is 320 g/mol. The van der Waals surface area contributed by atoms with Crippen molar-refractivity contribution in [1.29, 1.82) is 0 Å². The highest BCUT2D eigenvalue weighted by Gasteiger charge is 2.40. The molecule has 0 radical (unpaired) electrons. The molecule has 98 valence electrons. The van der Waals surface area contributed by atoms with Gasteiger partial charge >= 0.3 is 0 Å². The summed E-state index contributed by atoms with van der Waals surface area (Å²) in [7, 11) is 6.60. The lowest BCUT2D eigenvalue weighted by molar-refractivity contribution is 0.0437. The summed E-state index contributed by atoms with van der Waals surface area (Å²) in [5, 5.41) is 2.89. The van der Waals surface area contributed by atoms with E-state index in [1.165, 1.54) is 24.4 Å². The lowest BCUT2D eigenvalue weighted by Gasteiger charge is -2.49. The van der Waals surface area contributed by atoms with E-state index in [9.17, 15) is 0 Å². The molecule has 17 heavy (non-hydrogen) atoms. The molecule has 3 nitrogen and oxygen atoms in total. The van der Waals surface area contributed by atoms with E-state index in [-0.39, 0.29) is 0 Å². The van der Waals surface area contributed by atoms with Crippen LogP contribution >= 0.6 is 27.7 Å². The van der Waals surface area contributed by atoms with Gasteiger partial charge in [-0.05, 0) is 33.4 Å². The summed E-state index contributed by atoms with van der Waals surface area (Å²) < 4.78 is 0. The van der Waals surface area contributed by atoms with Crippen LogP contribution in [0, 0.1) is 0 Å². The molecule has 0 aromatic heterocycles. The Hall–Kier alpha value is 0.260. The van der Waals surface area contributed by atoms with E-state index in [2.05, 4.69) is 51.9 Å². The third-order valence-corrected chi connectivity index (χ3v) is 6.48. The van der Waals surface area contributed by atoms with Gasteiger partial charge in [-0.3, -0.25) is 4.99 Å². The normalized spacial score (nSPS) is 26.9. The molecule has 0 bridgehead atoms. The maximum Gasteiger partial charge on any atom is 0.159 e. The molecule has 1 aliphatic carbocycles. The van der Waals surface area contributed by atoms with Crippen LogP contribution in [0.4, 0.5) is 0 Å². The molecule has 0 N–H and O–H groups in total. The maximum atomic E-state index is 4.65. The second-order valence-corrected chi connectivity index (χ2v) is 7.26. The van der Waals surface area contributed by atoms with E-state index < -0.39 is 0 Å². The van der Waals surface area contributed by atoms with Crippen LogP contribution in [0.2, 0.25) is 0 Å². The monoisotopic (exact) mass is 319 g/mol. The molecule has 0 saturated heterocycles. The molecule has 1 fully saturated rings. The van der Waals surface area contributed by atoms with Crippen LogP contribution in [0.3, 0.4) is 0 Å². The third-order valence-electron chi connectivity index (χ3n) is 3.97. The molecule has 1 heterocycles. The van der Waals surface area contributed by atoms with Gasteiger partial charge in [-0.15, -0.1) is 0 Å². The van der Waals surface area contributed by atoms with E-state index in [1.807, 2.05) is 11.8 Å². The van der Waals surface area contributed by atoms with Gasteiger partial charge in [-0.2, -0.15) is 0 Å². The number of thioether (sulfide) groups is 1. The first-order chi connectivity index (χ1) is 8.07. The largest absolute Gasteiger partial charge is 0.353 e. The molecular formula is C12H22BrN3S. The van der Waals surface area contributed by atoms with Gasteiger partial charge in [0, 0.05) is 29.7 Å². The van der Waals surface area contributed by atoms with Crippen LogP contribution in [-0.2, 0) is 0 Å². The fourth-order valence-electron chi connectivity index (χ4n) is 2.54. The van der Waals surface area contributed by atoms with Crippen molar-refractivity contribution in [2.45, 2.75) is 30.1 Å². The van der Waals surface area contributed by atoms with Crippen molar-refractivity contribution in [3.8, 4) is 0 Å². The summed E-state index contributed by atoms with van der Waals surface area (Å²) in [5.41, 5.74) is 0.393. The number of aliphatic imine (C=N–C) groups is 1. The summed E-state index contributed by atoms with van der Waals surface area (Å²) >= 11 is 5.46. The van der Waals surface area contributed by atoms with Crippen LogP contribution in [0.15, 0.2) is 4.99 Å². The Morgan fingerprint density at radius 3 is 2.53 bits per heavy atom. The number of nitrogens with zero attached hydrogens (tertiary/aromatic N) is 3. The Labute approximate surface area is 117 Å². The van der Waals surface area contributed by atoms with Crippen molar-refractivity contribution in [2.24, 2.45) is 4.99 Å². The van der Waals surface area contributed by atoms with Gasteiger partial charge in [0.25, 0.3) is 0 Å². The highest BCUT2D eigenvalue weighted by molar-refractivity contribution is 9.09. The minimum atomic E-state index is 0.393. The van der Waals surface area contributed by atoms with Crippen molar-refractivity contribution in [1.82, 2.24) is 9.80 Å². The molecule has 0 spiro atoms. The van der Waals surface area contributed by atoms with E-state index in [4.69, 9.17) is 0 Å². The molecule has 2 rings (SSSR count). The Bertz CT molecular complexity index is 302. The fraction of sp³-hybridized carbons (Fsp3) is 0.917. The Morgan fingerprint density at radius 1 is 1.41 bits per heavy atom. The van der Waals surface area contributed by atoms with Crippen molar-refractivity contribution in [2.75, 3.05) is 39.6 Å². The van der Waals surface area contributed by atoms with Gasteiger partial charge in [-0.1, -0.05) is 27.7 Å². The van der Waals surface area contributed by atoms with Crippen LogP contribution in [-0.4, -0.2) is 65.3 Å². The van der Waals surface area contributed by atoms with E-state index >= 15 is 0 Å². The average Bonchev–Trinajstić information content (AvgIpc) is 2.71. The highest BCUT2D eigenvalue weighted by Crippen LogP contribution is 2.37. The molecular weight excluding hydrogens is 298 g/mol. The Balaban J connectivity index is 1.91. The predicted octanol–water partition coefficient (Wildman–Crippen LogP) is 2.27. The standard InChI is InChI=1S/C12H22BrN3S/c1-15(2)12(5-4-6-12)9-16(3)11-14-8-10(7-13)17-11/h10H,4-9H2,1-3H3. The second kappa shape index (κ2) is 5.49. The quantitative estimate of drug-likeness (QED) is 0.741. The first kappa shape index (κ1) is 13.7. The molecule has 5 heteroatoms. The molecule has 0 aromatic rings. The maximum absolute atomic E-state index is 4.65. The molecule has 2 aliphatic rings. The van der Waals surface area contributed by atoms with Gasteiger partial charge < -0.3 is 9.80 Å². The summed E-state index contributed by atoms with van der Waals surface area (Å²) in [6, 6.07) is 0. The van der Waals surface area contributed by atoms with Crippen molar-refractivity contribution >= 4 is 32.9 Å². The van der Waals surface area contributed by atoms with Gasteiger partial charge in [0.05, 0.1) is 6.54 Å². The fourth-order valence-corrected chi connectivity index (χ4v) is 4.04. The van der Waals surface area contributed by atoms with Gasteiger partial charge in [-0.25, -0.2) is 0 Å². The number of likely N-dealkylation sites (N-methyl/N-ethyl adjacent to an activating group) is 2. The van der Waals surface area contributed by atoms with Gasteiger partial charge in [0.2, 0.25) is 0 Å². The number of alkyl halides is 1. The molecule has 1 atom stereocenters. The summed E-state index contributed by atoms with van der Waals surface area (Å²) in [6.45, 7) is 2.07. The highest BCUT2D eigenvalue weighted by atomic mass is 79.9. The van der Waals surface area contributed by atoms with Gasteiger partial charge in [0.1, 0.15) is 0 Å². The third kappa shape index (κ3) is 2.82. The van der Waals surface area contributed by atoms with Crippen LogP contribution in [0.25, 0.3) is 0 Å². The molecule has 1 aliphatic heterocycles. The molecule has 1 unspecified atom stereocenters. The van der Waals surface area contributed by atoms with Crippen LogP contribution < -0.4 is 0 Å². The predicted molar refractivity (Wildman–Crippen MR) is 80.4 cm³/mol. The zero-order valence-corrected chi connectivity index (χ0v) is 13.4. The smallest absolute Gasteiger partial charge is 0.159 e. The zero-order chi connectivity index (χ0) is 12.5. The molecule has 0 aromatic carbocycles. The first-order valence-electron chi connectivity index (χ1n) is 6.23. The van der Waals surface area contributed by atoms with Crippen LogP contribution in [0.5, 0.6) is 0 Å². The van der Waals surface area contributed by atoms with Crippen molar-refractivity contribution in [3.63, 3.8) is 0 Å². The SMILES string of the molecule is CN(CC1(N(C)C)CCC1)C1=NCC(CBr)S1. The minimum absolute atomic E-state index is 0.393. The number of halogens is 1. The Morgan fingerprint density at radius 2 is 2.12 bits per heavy atom. The Kier molecular flexibility index (Phi) is 4.42. The summed E-state index contributed by atoms with van der Waals surface area (Å²) in [4.78, 5) is 9.40. The topological polar surface area (TPSA) is 18.8 Å². The number of hydrogen-bond donors (Lipinski definition) is 0. The number of rotatable bonds is 4. The van der Waals surface area contributed by atoms with Crippen molar-refractivity contribution in [3.05, 3.63) is 0 Å². The molecule has 0 amide bonds. The first-order valence-corrected chi connectivity index (χ1v) is 8.23. The lowest BCUT2D eigenvalue weighted by Crippen LogP contribution is -2.57. The summed E-state index contributed by atoms with van der Waals surface area (Å²) in [5.74, 6) is 0. The van der Waals surface area contributed by atoms with E-state index in [1.54, 1.807) is 0 Å². The second-order valence-electron chi connectivity index (χ2n) is 5.35. The van der Waals surface area contributed by atoms with Crippen LogP contribution in [0.1, 0.15) is 19.3 Å². The summed E-state index contributed by atoms with van der Waals surface area (Å²) in [6.07, 6.45) is 4.02. The number of amidine groups is 1. The minimum Gasteiger partial charge on any atom is -0.353 e. The van der Waals surface area contributed by atoms with E-state index in [0.717, 1.165) is 18.4 Å². The molecule has 1 saturated carbocycles. The van der Waals surface area contributed by atoms with Gasteiger partial charge in [0.15, 0.2) is 5.17 Å². The lowest BCUT2D eigenvalue weighted by atomic mass is 9.75. The zero-order valence-electron chi connectivity index (χ0n) is 10.9. The number of hydrogen-bond acceptors (Lipinski definition) is 4. The van der Waals surface area contributed by atoms with E-state index in [0.29, 0.717) is 10.8 Å². The van der Waals surface area contributed by atoms with Crippen molar-refractivity contribution < 1.29 is 0 Å².